The lowest BCUT2D eigenvalue weighted by atomic mass is 10.0. The zero-order valence-corrected chi connectivity index (χ0v) is 15.5. The summed E-state index contributed by atoms with van der Waals surface area (Å²) in [5.41, 5.74) is 3.62. The summed E-state index contributed by atoms with van der Waals surface area (Å²) >= 11 is 0. The van der Waals surface area contributed by atoms with Crippen LogP contribution in [0.3, 0.4) is 0 Å². The number of hydrogen-bond donors (Lipinski definition) is 1. The highest BCUT2D eigenvalue weighted by Crippen LogP contribution is 2.34. The number of fused-ring (bicyclic) bond motifs is 1. The zero-order chi connectivity index (χ0) is 17.8. The number of rotatable bonds is 5. The van der Waals surface area contributed by atoms with Gasteiger partial charge < -0.3 is 14.8 Å². The number of nitrogens with zero attached hydrogens (tertiary/aromatic N) is 2. The van der Waals surface area contributed by atoms with Gasteiger partial charge in [0, 0.05) is 30.9 Å². The first-order valence-electron chi connectivity index (χ1n) is 9.67. The van der Waals surface area contributed by atoms with Gasteiger partial charge in [-0.1, -0.05) is 25.0 Å². The van der Waals surface area contributed by atoms with Crippen LogP contribution in [0.25, 0.3) is 0 Å². The molecule has 1 aliphatic carbocycles. The van der Waals surface area contributed by atoms with E-state index in [1.807, 2.05) is 12.1 Å². The number of ether oxygens (including phenoxy) is 2. The van der Waals surface area contributed by atoms with E-state index in [1.54, 1.807) is 7.11 Å². The van der Waals surface area contributed by atoms with Crippen LogP contribution in [0.15, 0.2) is 24.3 Å². The van der Waals surface area contributed by atoms with Gasteiger partial charge in [0.1, 0.15) is 17.4 Å². The van der Waals surface area contributed by atoms with Gasteiger partial charge in [-0.25, -0.2) is 9.97 Å². The molecule has 0 unspecified atom stereocenters. The summed E-state index contributed by atoms with van der Waals surface area (Å²) in [6, 6.07) is 8.17. The fourth-order valence-electron chi connectivity index (χ4n) is 3.91. The summed E-state index contributed by atoms with van der Waals surface area (Å²) in [6.45, 7) is 2.25. The summed E-state index contributed by atoms with van der Waals surface area (Å²) in [5, 5.41) is 3.57. The zero-order valence-electron chi connectivity index (χ0n) is 15.5. The first-order chi connectivity index (χ1) is 12.8. The van der Waals surface area contributed by atoms with Crippen LogP contribution < -0.4 is 10.1 Å². The first-order valence-corrected chi connectivity index (χ1v) is 9.67. The third-order valence-corrected chi connectivity index (χ3v) is 5.43. The lowest BCUT2D eigenvalue weighted by Crippen LogP contribution is -2.13. The molecule has 1 fully saturated rings. The van der Waals surface area contributed by atoms with Crippen molar-refractivity contribution in [3.63, 3.8) is 0 Å². The van der Waals surface area contributed by atoms with Crippen molar-refractivity contribution in [2.75, 3.05) is 25.6 Å². The molecule has 2 heterocycles. The fraction of sp³-hybridized carbons (Fsp3) is 0.524. The van der Waals surface area contributed by atoms with E-state index in [4.69, 9.17) is 19.4 Å². The molecule has 5 heteroatoms. The van der Waals surface area contributed by atoms with Crippen molar-refractivity contribution in [3.8, 4) is 5.75 Å². The van der Waals surface area contributed by atoms with E-state index in [2.05, 4.69) is 17.4 Å². The van der Waals surface area contributed by atoms with Gasteiger partial charge >= 0.3 is 0 Å². The maximum Gasteiger partial charge on any atom is 0.134 e. The number of methoxy groups -OCH3 is 1. The van der Waals surface area contributed by atoms with Crippen molar-refractivity contribution in [2.45, 2.75) is 51.0 Å². The van der Waals surface area contributed by atoms with E-state index in [0.29, 0.717) is 5.92 Å². The van der Waals surface area contributed by atoms with E-state index >= 15 is 0 Å². The number of benzene rings is 1. The summed E-state index contributed by atoms with van der Waals surface area (Å²) in [6.07, 6.45) is 6.78. The normalized spacial score (nSPS) is 17.6. The molecule has 1 aliphatic heterocycles. The van der Waals surface area contributed by atoms with E-state index in [9.17, 15) is 0 Å². The molecule has 1 saturated carbocycles. The molecular weight excluding hydrogens is 326 g/mol. The third-order valence-electron chi connectivity index (χ3n) is 5.43. The minimum atomic E-state index is 0.519. The van der Waals surface area contributed by atoms with Crippen molar-refractivity contribution in [3.05, 3.63) is 46.9 Å². The number of aromatic nitrogens is 2. The van der Waals surface area contributed by atoms with Crippen LogP contribution in [0, 0.1) is 0 Å². The largest absolute Gasteiger partial charge is 0.497 e. The lowest BCUT2D eigenvalue weighted by molar-refractivity contribution is 0.146. The molecule has 1 aromatic carbocycles. The van der Waals surface area contributed by atoms with Gasteiger partial charge in [-0.05, 0) is 30.5 Å². The Balaban J connectivity index is 1.58. The molecule has 0 radical (unpaired) electrons. The molecule has 2 aromatic rings. The highest BCUT2D eigenvalue weighted by Gasteiger charge is 2.24. The molecule has 4 rings (SSSR count). The first kappa shape index (κ1) is 17.3. The van der Waals surface area contributed by atoms with E-state index in [0.717, 1.165) is 50.0 Å². The van der Waals surface area contributed by atoms with Crippen LogP contribution >= 0.6 is 0 Å². The monoisotopic (exact) mass is 353 g/mol. The van der Waals surface area contributed by atoms with Gasteiger partial charge in [0.15, 0.2) is 0 Å². The van der Waals surface area contributed by atoms with Crippen LogP contribution in [-0.4, -0.2) is 30.3 Å². The number of anilines is 1. The molecule has 0 atom stereocenters. The lowest BCUT2D eigenvalue weighted by Gasteiger charge is -2.17. The maximum atomic E-state index is 5.68. The maximum absolute atomic E-state index is 5.68. The highest BCUT2D eigenvalue weighted by molar-refractivity contribution is 5.48. The minimum absolute atomic E-state index is 0.519. The van der Waals surface area contributed by atoms with Gasteiger partial charge in [0.05, 0.1) is 26.0 Å². The quantitative estimate of drug-likeness (QED) is 0.884. The van der Waals surface area contributed by atoms with Gasteiger partial charge in [-0.15, -0.1) is 0 Å². The van der Waals surface area contributed by atoms with Crippen molar-refractivity contribution >= 4 is 5.82 Å². The Labute approximate surface area is 155 Å². The SMILES string of the molecule is COc1ccc(CNc2nc(C3CCCC3)nc3c2CCOCC3)cc1. The van der Waals surface area contributed by atoms with E-state index < -0.39 is 0 Å². The van der Waals surface area contributed by atoms with E-state index in [-0.39, 0.29) is 0 Å². The second kappa shape index (κ2) is 8.04. The Morgan fingerprint density at radius 2 is 1.85 bits per heavy atom. The van der Waals surface area contributed by atoms with Crippen molar-refractivity contribution in [1.82, 2.24) is 9.97 Å². The van der Waals surface area contributed by atoms with Crippen LogP contribution in [0.1, 0.15) is 54.2 Å². The van der Waals surface area contributed by atoms with Crippen molar-refractivity contribution in [2.24, 2.45) is 0 Å². The molecule has 0 saturated heterocycles. The molecule has 1 N–H and O–H groups in total. The Kier molecular flexibility index (Phi) is 5.34. The average molecular weight is 353 g/mol. The van der Waals surface area contributed by atoms with Crippen LogP contribution in [0.2, 0.25) is 0 Å². The highest BCUT2D eigenvalue weighted by atomic mass is 16.5. The molecule has 2 aliphatic rings. The predicted molar refractivity (Wildman–Crippen MR) is 102 cm³/mol. The van der Waals surface area contributed by atoms with Gasteiger partial charge in [-0.2, -0.15) is 0 Å². The van der Waals surface area contributed by atoms with Crippen molar-refractivity contribution in [1.29, 1.82) is 0 Å². The molecule has 0 amide bonds. The van der Waals surface area contributed by atoms with Crippen molar-refractivity contribution < 1.29 is 9.47 Å². The minimum Gasteiger partial charge on any atom is -0.497 e. The average Bonchev–Trinajstić information content (AvgIpc) is 3.12. The summed E-state index contributed by atoms with van der Waals surface area (Å²) in [4.78, 5) is 9.90. The molecule has 0 spiro atoms. The fourth-order valence-corrected chi connectivity index (χ4v) is 3.91. The molecule has 1 aromatic heterocycles. The summed E-state index contributed by atoms with van der Waals surface area (Å²) in [5.74, 6) is 3.43. The smallest absolute Gasteiger partial charge is 0.134 e. The Morgan fingerprint density at radius 1 is 1.08 bits per heavy atom. The summed E-state index contributed by atoms with van der Waals surface area (Å²) < 4.78 is 10.9. The second-order valence-corrected chi connectivity index (χ2v) is 7.15. The topological polar surface area (TPSA) is 56.3 Å². The molecule has 138 valence electrons. The number of nitrogens with one attached hydrogen (secondary N) is 1. The standard InChI is InChI=1S/C21H27N3O2/c1-25-17-8-6-15(7-9-17)14-22-21-18-10-12-26-13-11-19(18)23-20(24-21)16-4-2-3-5-16/h6-9,16H,2-5,10-14H2,1H3,(H,22,23,24). The molecule has 0 bridgehead atoms. The second-order valence-electron chi connectivity index (χ2n) is 7.15. The summed E-state index contributed by atoms with van der Waals surface area (Å²) in [7, 11) is 1.69. The van der Waals surface area contributed by atoms with Crippen LogP contribution in [0.4, 0.5) is 5.82 Å². The Bertz CT molecular complexity index is 740. The molecule has 26 heavy (non-hydrogen) atoms. The van der Waals surface area contributed by atoms with Crippen LogP contribution in [-0.2, 0) is 24.1 Å². The van der Waals surface area contributed by atoms with Crippen LogP contribution in [0.5, 0.6) is 5.75 Å². The Morgan fingerprint density at radius 3 is 2.62 bits per heavy atom. The Hall–Kier alpha value is -2.14. The third kappa shape index (κ3) is 3.83. The predicted octanol–water partition coefficient (Wildman–Crippen LogP) is 3.87. The van der Waals surface area contributed by atoms with E-state index in [1.165, 1.54) is 42.5 Å². The molecular formula is C21H27N3O2. The van der Waals surface area contributed by atoms with Gasteiger partial charge in [-0.3, -0.25) is 0 Å². The van der Waals surface area contributed by atoms with Gasteiger partial charge in [0.2, 0.25) is 0 Å². The molecule has 5 nitrogen and oxygen atoms in total. The van der Waals surface area contributed by atoms with Gasteiger partial charge in [0.25, 0.3) is 0 Å². The number of hydrogen-bond acceptors (Lipinski definition) is 5.